The molecule has 88 valence electrons. The molecule has 0 bridgehead atoms. The summed E-state index contributed by atoms with van der Waals surface area (Å²) < 4.78 is 0. The zero-order valence-electron chi connectivity index (χ0n) is 9.77. The van der Waals surface area contributed by atoms with Crippen LogP contribution in [0.2, 0.25) is 0 Å². The molecule has 5 nitrogen and oxygen atoms in total. The molecule has 0 aliphatic carbocycles. The average Bonchev–Trinajstić information content (AvgIpc) is 2.30. The fourth-order valence-corrected chi connectivity index (χ4v) is 1.19. The molecule has 0 heterocycles. The van der Waals surface area contributed by atoms with Crippen LogP contribution in [0.25, 0.3) is 0 Å². The Kier molecular flexibility index (Phi) is 4.12. The summed E-state index contributed by atoms with van der Waals surface area (Å²) in [5.74, 6) is -0.370. The zero-order valence-corrected chi connectivity index (χ0v) is 9.77. The molecule has 0 atom stereocenters. The predicted octanol–water partition coefficient (Wildman–Crippen LogP) is 0.881. The lowest BCUT2D eigenvalue weighted by molar-refractivity contribution is -0.124. The summed E-state index contributed by atoms with van der Waals surface area (Å²) in [6.45, 7) is 0. The van der Waals surface area contributed by atoms with Gasteiger partial charge in [-0.15, -0.1) is 0 Å². The average molecular weight is 230 g/mol. The lowest BCUT2D eigenvalue weighted by Crippen LogP contribution is -2.27. The molecule has 0 aromatic heterocycles. The number of carbonyl (C=O) groups excluding carboxylic acids is 1. The van der Waals surface area contributed by atoms with Crippen molar-refractivity contribution in [3.8, 4) is 6.07 Å². The molecule has 1 aromatic rings. The SMILES string of the molecule is CN(C)C(=O)C(C#N)=C(N)Nc1ccccc1. The first-order chi connectivity index (χ1) is 8.06. The Morgan fingerprint density at radius 2 is 1.94 bits per heavy atom. The molecule has 1 amide bonds. The van der Waals surface area contributed by atoms with E-state index in [0.29, 0.717) is 0 Å². The number of hydrogen-bond donors (Lipinski definition) is 2. The van der Waals surface area contributed by atoms with Gasteiger partial charge in [0, 0.05) is 19.8 Å². The summed E-state index contributed by atoms with van der Waals surface area (Å²) in [5, 5.41) is 11.7. The molecule has 0 saturated heterocycles. The number of carbonyl (C=O) groups is 1. The molecule has 0 aliphatic heterocycles. The highest BCUT2D eigenvalue weighted by molar-refractivity contribution is 5.98. The largest absolute Gasteiger partial charge is 0.384 e. The molecule has 0 unspecified atom stereocenters. The molecule has 0 radical (unpaired) electrons. The van der Waals surface area contributed by atoms with Gasteiger partial charge >= 0.3 is 0 Å². The molecule has 3 N–H and O–H groups in total. The van der Waals surface area contributed by atoms with E-state index < -0.39 is 5.91 Å². The number of hydrogen-bond acceptors (Lipinski definition) is 4. The van der Waals surface area contributed by atoms with Crippen molar-refractivity contribution < 1.29 is 4.79 Å². The van der Waals surface area contributed by atoms with Gasteiger partial charge in [0.25, 0.3) is 5.91 Å². The van der Waals surface area contributed by atoms with Crippen LogP contribution < -0.4 is 11.1 Å². The number of nitrogens with zero attached hydrogens (tertiary/aromatic N) is 2. The van der Waals surface area contributed by atoms with E-state index in [1.807, 2.05) is 18.2 Å². The van der Waals surface area contributed by atoms with Gasteiger partial charge in [0.1, 0.15) is 11.9 Å². The standard InChI is InChI=1S/C12H14N4O/c1-16(2)12(17)10(8-13)11(14)15-9-6-4-3-5-7-9/h3-7,15H,14H2,1-2H3. The second-order valence-electron chi connectivity index (χ2n) is 3.59. The Morgan fingerprint density at radius 3 is 2.41 bits per heavy atom. The van der Waals surface area contributed by atoms with Crippen molar-refractivity contribution in [2.75, 3.05) is 19.4 Å². The van der Waals surface area contributed by atoms with Crippen molar-refractivity contribution in [3.63, 3.8) is 0 Å². The molecule has 0 aliphatic rings. The maximum Gasteiger partial charge on any atom is 0.267 e. The van der Waals surface area contributed by atoms with E-state index in [4.69, 9.17) is 11.0 Å². The third-order valence-corrected chi connectivity index (χ3v) is 2.05. The van der Waals surface area contributed by atoms with Crippen LogP contribution in [0.5, 0.6) is 0 Å². The Labute approximate surface area is 100 Å². The third kappa shape index (κ3) is 3.24. The molecule has 0 fully saturated rings. The molecule has 5 heteroatoms. The lowest BCUT2D eigenvalue weighted by atomic mass is 10.2. The summed E-state index contributed by atoms with van der Waals surface area (Å²) in [6, 6.07) is 10.9. The van der Waals surface area contributed by atoms with E-state index in [0.717, 1.165) is 5.69 Å². The topological polar surface area (TPSA) is 82.2 Å². The van der Waals surface area contributed by atoms with Gasteiger partial charge in [-0.05, 0) is 12.1 Å². The zero-order chi connectivity index (χ0) is 12.8. The quantitative estimate of drug-likeness (QED) is 0.596. The summed E-state index contributed by atoms with van der Waals surface area (Å²) in [4.78, 5) is 12.9. The third-order valence-electron chi connectivity index (χ3n) is 2.05. The second kappa shape index (κ2) is 5.56. The number of anilines is 1. The monoisotopic (exact) mass is 230 g/mol. The van der Waals surface area contributed by atoms with Gasteiger partial charge in [-0.1, -0.05) is 18.2 Å². The van der Waals surface area contributed by atoms with Gasteiger partial charge in [-0.25, -0.2) is 0 Å². The molecule has 1 aromatic carbocycles. The van der Waals surface area contributed by atoms with Gasteiger partial charge in [0.2, 0.25) is 0 Å². The van der Waals surface area contributed by atoms with Gasteiger partial charge in [0.05, 0.1) is 0 Å². The summed E-state index contributed by atoms with van der Waals surface area (Å²) in [6.07, 6.45) is 0. The van der Waals surface area contributed by atoms with E-state index in [2.05, 4.69) is 5.32 Å². The maximum atomic E-state index is 11.6. The number of likely N-dealkylation sites (N-methyl/N-ethyl adjacent to an activating group) is 1. The van der Waals surface area contributed by atoms with Crippen LogP contribution in [-0.4, -0.2) is 24.9 Å². The van der Waals surface area contributed by atoms with Crippen LogP contribution in [0.15, 0.2) is 41.7 Å². The van der Waals surface area contributed by atoms with Crippen molar-refractivity contribution in [1.82, 2.24) is 4.90 Å². The molecule has 1 rings (SSSR count). The van der Waals surface area contributed by atoms with Crippen LogP contribution in [-0.2, 0) is 4.79 Å². The normalized spacial score (nSPS) is 11.1. The highest BCUT2D eigenvalue weighted by atomic mass is 16.2. The van der Waals surface area contributed by atoms with Crippen LogP contribution in [0.4, 0.5) is 5.69 Å². The van der Waals surface area contributed by atoms with Gasteiger partial charge < -0.3 is 16.0 Å². The van der Waals surface area contributed by atoms with Crippen LogP contribution in [0.3, 0.4) is 0 Å². The minimum atomic E-state index is -0.423. The molecule has 0 saturated carbocycles. The maximum absolute atomic E-state index is 11.6. The smallest absolute Gasteiger partial charge is 0.267 e. The first kappa shape index (κ1) is 12.6. The van der Waals surface area contributed by atoms with Crippen LogP contribution in [0, 0.1) is 11.3 Å². The highest BCUT2D eigenvalue weighted by Crippen LogP contribution is 2.09. The highest BCUT2D eigenvalue weighted by Gasteiger charge is 2.15. The fraction of sp³-hybridized carbons (Fsp3) is 0.167. The van der Waals surface area contributed by atoms with E-state index in [1.165, 1.54) is 4.90 Å². The van der Waals surface area contributed by atoms with Crippen LogP contribution in [0.1, 0.15) is 0 Å². The summed E-state index contributed by atoms with van der Waals surface area (Å²) in [7, 11) is 3.13. The van der Waals surface area contributed by atoms with Gasteiger partial charge in [-0.2, -0.15) is 5.26 Å². The Balaban J connectivity index is 2.96. The molecule has 17 heavy (non-hydrogen) atoms. The van der Waals surface area contributed by atoms with Gasteiger partial charge in [-0.3, -0.25) is 4.79 Å². The first-order valence-electron chi connectivity index (χ1n) is 5.00. The number of benzene rings is 1. The Morgan fingerprint density at radius 1 is 1.35 bits per heavy atom. The van der Waals surface area contributed by atoms with E-state index in [-0.39, 0.29) is 11.4 Å². The minimum Gasteiger partial charge on any atom is -0.384 e. The van der Waals surface area contributed by atoms with Crippen molar-refractivity contribution in [1.29, 1.82) is 5.26 Å². The van der Waals surface area contributed by atoms with Gasteiger partial charge in [0.15, 0.2) is 5.57 Å². The number of rotatable bonds is 3. The van der Waals surface area contributed by atoms with Crippen molar-refractivity contribution in [3.05, 3.63) is 41.7 Å². The first-order valence-corrected chi connectivity index (χ1v) is 5.00. The van der Waals surface area contributed by atoms with Crippen molar-refractivity contribution in [2.45, 2.75) is 0 Å². The Bertz CT molecular complexity index is 471. The van der Waals surface area contributed by atoms with Crippen molar-refractivity contribution >= 4 is 11.6 Å². The summed E-state index contributed by atoms with van der Waals surface area (Å²) >= 11 is 0. The predicted molar refractivity (Wildman–Crippen MR) is 65.6 cm³/mol. The van der Waals surface area contributed by atoms with Crippen molar-refractivity contribution in [2.24, 2.45) is 5.73 Å². The van der Waals surface area contributed by atoms with E-state index in [9.17, 15) is 4.79 Å². The number of nitriles is 1. The number of para-hydroxylation sites is 1. The fourth-order valence-electron chi connectivity index (χ4n) is 1.19. The van der Waals surface area contributed by atoms with E-state index >= 15 is 0 Å². The Hall–Kier alpha value is -2.48. The number of nitrogens with one attached hydrogen (secondary N) is 1. The summed E-state index contributed by atoms with van der Waals surface area (Å²) in [5.41, 5.74) is 6.33. The minimum absolute atomic E-state index is 0.0531. The second-order valence-corrected chi connectivity index (χ2v) is 3.59. The number of amides is 1. The molecule has 0 spiro atoms. The van der Waals surface area contributed by atoms with E-state index in [1.54, 1.807) is 32.3 Å². The molecular formula is C12H14N4O. The van der Waals surface area contributed by atoms with Crippen LogP contribution >= 0.6 is 0 Å². The molecular weight excluding hydrogens is 216 g/mol. The number of nitrogens with two attached hydrogens (primary N) is 1. The lowest BCUT2D eigenvalue weighted by Gasteiger charge is -2.12.